The van der Waals surface area contributed by atoms with Gasteiger partial charge in [0.1, 0.15) is 5.82 Å². The number of benzene rings is 1. The average Bonchev–Trinajstić information content (AvgIpc) is 2.68. The highest BCUT2D eigenvalue weighted by Crippen LogP contribution is 2.20. The van der Waals surface area contributed by atoms with Gasteiger partial charge in [-0.2, -0.15) is 0 Å². The summed E-state index contributed by atoms with van der Waals surface area (Å²) in [5.74, 6) is 0.759. The minimum Gasteiger partial charge on any atom is -0.382 e. The lowest BCUT2D eigenvalue weighted by atomic mass is 10.2. The van der Waals surface area contributed by atoms with Crippen LogP contribution in [0.3, 0.4) is 0 Å². The van der Waals surface area contributed by atoms with E-state index in [0.717, 1.165) is 58.1 Å². The van der Waals surface area contributed by atoms with Crippen LogP contribution < -0.4 is 10.2 Å². The van der Waals surface area contributed by atoms with Crippen molar-refractivity contribution in [1.82, 2.24) is 10.2 Å². The van der Waals surface area contributed by atoms with Crippen LogP contribution in [0.15, 0.2) is 29.3 Å². The van der Waals surface area contributed by atoms with Gasteiger partial charge < -0.3 is 24.6 Å². The molecule has 0 amide bonds. The number of hydrogen-bond donors (Lipinski definition) is 1. The van der Waals surface area contributed by atoms with E-state index in [1.807, 2.05) is 12.1 Å². The van der Waals surface area contributed by atoms with Gasteiger partial charge in [0, 0.05) is 53.5 Å². The van der Waals surface area contributed by atoms with Crippen molar-refractivity contribution in [1.29, 1.82) is 0 Å². The highest BCUT2D eigenvalue weighted by atomic mass is 127. The number of guanidine groups is 1. The molecule has 1 fully saturated rings. The summed E-state index contributed by atoms with van der Waals surface area (Å²) in [6, 6.07) is 6.96. The molecule has 1 aliphatic heterocycles. The molecule has 0 aliphatic carbocycles. The Balaban J connectivity index is 0.00000364. The van der Waals surface area contributed by atoms with Crippen LogP contribution in [0.1, 0.15) is 12.8 Å². The van der Waals surface area contributed by atoms with E-state index in [2.05, 4.69) is 20.1 Å². The van der Waals surface area contributed by atoms with E-state index >= 15 is 0 Å². The van der Waals surface area contributed by atoms with E-state index in [1.54, 1.807) is 20.2 Å². The van der Waals surface area contributed by atoms with Gasteiger partial charge in [-0.1, -0.05) is 12.1 Å². The molecule has 0 saturated carbocycles. The zero-order valence-electron chi connectivity index (χ0n) is 16.3. The molecule has 6 nitrogen and oxygen atoms in total. The highest BCUT2D eigenvalue weighted by molar-refractivity contribution is 14.0. The summed E-state index contributed by atoms with van der Waals surface area (Å²) >= 11 is 0. The summed E-state index contributed by atoms with van der Waals surface area (Å²) in [6.07, 6.45) is 2.04. The lowest BCUT2D eigenvalue weighted by Gasteiger charge is -2.37. The van der Waals surface area contributed by atoms with Gasteiger partial charge in [-0.3, -0.25) is 4.99 Å². The summed E-state index contributed by atoms with van der Waals surface area (Å²) in [6.45, 7) is 6.15. The third-order valence-corrected chi connectivity index (χ3v) is 4.41. The molecule has 0 unspecified atom stereocenters. The molecule has 1 aliphatic rings. The fourth-order valence-corrected chi connectivity index (χ4v) is 2.97. The third kappa shape index (κ3) is 8.18. The van der Waals surface area contributed by atoms with Gasteiger partial charge in [0.2, 0.25) is 0 Å². The maximum absolute atomic E-state index is 13.9. The minimum atomic E-state index is -0.156. The molecule has 154 valence electrons. The number of methoxy groups -OCH3 is 1. The fraction of sp³-hybridized carbons (Fsp3) is 0.632. The highest BCUT2D eigenvalue weighted by Gasteiger charge is 2.21. The molecule has 0 atom stereocenters. The molecule has 0 spiro atoms. The zero-order valence-corrected chi connectivity index (χ0v) is 18.7. The zero-order chi connectivity index (χ0) is 18.6. The normalized spacial score (nSPS) is 14.9. The molecule has 27 heavy (non-hydrogen) atoms. The van der Waals surface area contributed by atoms with E-state index < -0.39 is 0 Å². The van der Waals surface area contributed by atoms with Crippen molar-refractivity contribution in [2.24, 2.45) is 4.99 Å². The van der Waals surface area contributed by atoms with Crippen LogP contribution in [-0.4, -0.2) is 77.6 Å². The first kappa shape index (κ1) is 23.9. The second-order valence-corrected chi connectivity index (χ2v) is 6.21. The molecule has 1 saturated heterocycles. The largest absolute Gasteiger partial charge is 0.382 e. The number of nitrogens with zero attached hydrogens (tertiary/aromatic N) is 3. The summed E-state index contributed by atoms with van der Waals surface area (Å²) in [5.41, 5.74) is 0.684. The smallest absolute Gasteiger partial charge is 0.193 e. The number of hydrogen-bond acceptors (Lipinski definition) is 4. The molecule has 0 aromatic heterocycles. The van der Waals surface area contributed by atoms with Crippen molar-refractivity contribution < 1.29 is 13.9 Å². The summed E-state index contributed by atoms with van der Waals surface area (Å²) in [5, 5.41) is 3.41. The van der Waals surface area contributed by atoms with Gasteiger partial charge in [0.15, 0.2) is 5.96 Å². The van der Waals surface area contributed by atoms with Crippen molar-refractivity contribution in [3.63, 3.8) is 0 Å². The number of nitrogens with one attached hydrogen (secondary N) is 1. The number of aliphatic imine (C=N–C) groups is 1. The van der Waals surface area contributed by atoms with Crippen LogP contribution in [0.4, 0.5) is 10.1 Å². The van der Waals surface area contributed by atoms with Crippen LogP contribution in [0, 0.1) is 5.82 Å². The van der Waals surface area contributed by atoms with Crippen molar-refractivity contribution in [3.8, 4) is 0 Å². The first-order valence-electron chi connectivity index (χ1n) is 9.28. The summed E-state index contributed by atoms with van der Waals surface area (Å²) < 4.78 is 24.3. The lowest BCUT2D eigenvalue weighted by Crippen LogP contribution is -2.52. The Kier molecular flexibility index (Phi) is 12.4. The van der Waals surface area contributed by atoms with E-state index in [9.17, 15) is 4.39 Å². The van der Waals surface area contributed by atoms with Gasteiger partial charge in [-0.25, -0.2) is 4.39 Å². The number of halogens is 2. The van der Waals surface area contributed by atoms with E-state index in [1.165, 1.54) is 6.07 Å². The van der Waals surface area contributed by atoms with Crippen molar-refractivity contribution in [2.75, 3.05) is 71.6 Å². The van der Waals surface area contributed by atoms with Crippen LogP contribution in [0.5, 0.6) is 0 Å². The predicted octanol–water partition coefficient (Wildman–Crippen LogP) is 2.58. The van der Waals surface area contributed by atoms with E-state index in [0.29, 0.717) is 18.9 Å². The van der Waals surface area contributed by atoms with Gasteiger partial charge in [0.25, 0.3) is 0 Å². The average molecular weight is 494 g/mol. The first-order chi connectivity index (χ1) is 12.8. The Morgan fingerprint density at radius 2 is 1.85 bits per heavy atom. The fourth-order valence-electron chi connectivity index (χ4n) is 2.97. The number of piperazine rings is 1. The molecule has 1 N–H and O–H groups in total. The maximum Gasteiger partial charge on any atom is 0.193 e. The van der Waals surface area contributed by atoms with Gasteiger partial charge in [0.05, 0.1) is 18.9 Å². The van der Waals surface area contributed by atoms with Crippen LogP contribution in [0.2, 0.25) is 0 Å². The summed E-state index contributed by atoms with van der Waals surface area (Å²) in [4.78, 5) is 8.70. The quantitative estimate of drug-likeness (QED) is 0.248. The monoisotopic (exact) mass is 494 g/mol. The van der Waals surface area contributed by atoms with Crippen LogP contribution in [0.25, 0.3) is 0 Å². The first-order valence-corrected chi connectivity index (χ1v) is 9.28. The molecule has 0 bridgehead atoms. The molecule has 1 aromatic carbocycles. The summed E-state index contributed by atoms with van der Waals surface area (Å²) in [7, 11) is 3.48. The Bertz CT molecular complexity index is 554. The molecular weight excluding hydrogens is 462 g/mol. The van der Waals surface area contributed by atoms with Crippen molar-refractivity contribution in [3.05, 3.63) is 30.1 Å². The number of para-hydroxylation sites is 1. The SMILES string of the molecule is CN=C(NCCCCOCCOC)N1CCN(c2ccccc2F)CC1.I. The molecule has 1 aromatic rings. The molecular formula is C19H32FIN4O2. The van der Waals surface area contributed by atoms with E-state index in [-0.39, 0.29) is 29.8 Å². The Labute approximate surface area is 179 Å². The van der Waals surface area contributed by atoms with Crippen LogP contribution >= 0.6 is 24.0 Å². The second kappa shape index (κ2) is 14.0. The minimum absolute atomic E-state index is 0. The Morgan fingerprint density at radius 3 is 2.52 bits per heavy atom. The second-order valence-electron chi connectivity index (χ2n) is 6.21. The van der Waals surface area contributed by atoms with Crippen molar-refractivity contribution in [2.45, 2.75) is 12.8 Å². The Morgan fingerprint density at radius 1 is 1.11 bits per heavy atom. The third-order valence-electron chi connectivity index (χ3n) is 4.41. The van der Waals surface area contributed by atoms with Gasteiger partial charge >= 0.3 is 0 Å². The molecule has 8 heteroatoms. The van der Waals surface area contributed by atoms with Crippen molar-refractivity contribution >= 4 is 35.6 Å². The lowest BCUT2D eigenvalue weighted by molar-refractivity contribution is 0.0689. The Hall–Kier alpha value is -1.13. The van der Waals surface area contributed by atoms with E-state index in [4.69, 9.17) is 9.47 Å². The van der Waals surface area contributed by atoms with Gasteiger partial charge in [-0.15, -0.1) is 24.0 Å². The number of anilines is 1. The molecule has 1 heterocycles. The number of rotatable bonds is 9. The number of unbranched alkanes of at least 4 members (excludes halogenated alkanes) is 1. The number of ether oxygens (including phenoxy) is 2. The molecule has 0 radical (unpaired) electrons. The van der Waals surface area contributed by atoms with Gasteiger partial charge in [-0.05, 0) is 25.0 Å². The maximum atomic E-state index is 13.9. The molecule has 2 rings (SSSR count). The standard InChI is InChI=1S/C19H31FN4O2.HI/c1-21-19(22-9-5-6-14-26-16-15-25-2)24-12-10-23(11-13-24)18-8-4-3-7-17(18)20;/h3-4,7-8H,5-6,9-16H2,1-2H3,(H,21,22);1H. The topological polar surface area (TPSA) is 49.3 Å². The predicted molar refractivity (Wildman–Crippen MR) is 119 cm³/mol. The van der Waals surface area contributed by atoms with Crippen LogP contribution in [-0.2, 0) is 9.47 Å².